The summed E-state index contributed by atoms with van der Waals surface area (Å²) in [5.41, 5.74) is 0. The van der Waals surface area contributed by atoms with Crippen LogP contribution in [-0.4, -0.2) is 74.8 Å². The van der Waals surface area contributed by atoms with Crippen molar-refractivity contribution in [2.45, 2.75) is 97.8 Å². The van der Waals surface area contributed by atoms with E-state index in [-0.39, 0.29) is 19.8 Å². The maximum Gasteiger partial charge on any atom is 0.161 e. The van der Waals surface area contributed by atoms with Gasteiger partial charge in [-0.05, 0) is 88.0 Å². The molecule has 9 nitrogen and oxygen atoms in total. The van der Waals surface area contributed by atoms with Crippen molar-refractivity contribution in [3.8, 4) is 34.5 Å². The fourth-order valence-corrected chi connectivity index (χ4v) is 6.04. The molecule has 0 spiro atoms. The second-order valence-electron chi connectivity index (χ2n) is 13.0. The van der Waals surface area contributed by atoms with Gasteiger partial charge in [-0.3, -0.25) is 0 Å². The van der Waals surface area contributed by atoms with Gasteiger partial charge in [-0.1, -0.05) is 59.3 Å². The van der Waals surface area contributed by atoms with E-state index in [0.717, 1.165) is 90.1 Å². The lowest BCUT2D eigenvalue weighted by molar-refractivity contribution is 0.222. The highest BCUT2D eigenvalue weighted by Crippen LogP contribution is 2.47. The molecule has 0 fully saturated rings. The van der Waals surface area contributed by atoms with Gasteiger partial charge in [-0.25, -0.2) is 0 Å². The molecular formula is C42H60O9. The Hall–Kier alpha value is -3.66. The highest BCUT2D eigenvalue weighted by atomic mass is 16.5. The summed E-state index contributed by atoms with van der Waals surface area (Å²) in [4.78, 5) is 0. The first-order valence-corrected chi connectivity index (χ1v) is 19.2. The highest BCUT2D eigenvalue weighted by molar-refractivity contribution is 6.26. The van der Waals surface area contributed by atoms with E-state index in [2.05, 4.69) is 39.0 Å². The molecule has 0 heterocycles. The molecule has 4 aromatic carbocycles. The van der Waals surface area contributed by atoms with Gasteiger partial charge in [-0.15, -0.1) is 0 Å². The maximum atomic E-state index is 9.50. The predicted molar refractivity (Wildman–Crippen MR) is 206 cm³/mol. The van der Waals surface area contributed by atoms with Gasteiger partial charge < -0.3 is 43.7 Å². The van der Waals surface area contributed by atoms with Crippen LogP contribution in [0.1, 0.15) is 97.8 Å². The van der Waals surface area contributed by atoms with Crippen LogP contribution in [-0.2, 0) is 0 Å². The number of hydrogen-bond donors (Lipinski definition) is 3. The van der Waals surface area contributed by atoms with Crippen molar-refractivity contribution in [2.24, 2.45) is 0 Å². The lowest BCUT2D eigenvalue weighted by Gasteiger charge is -2.20. The Labute approximate surface area is 303 Å². The number of fused-ring (bicyclic) bond motifs is 6. The van der Waals surface area contributed by atoms with Crippen molar-refractivity contribution in [1.82, 2.24) is 0 Å². The van der Waals surface area contributed by atoms with Crippen LogP contribution in [0.25, 0.3) is 32.3 Å². The molecule has 282 valence electrons. The molecule has 0 radical (unpaired) electrons. The maximum absolute atomic E-state index is 9.50. The molecule has 0 unspecified atom stereocenters. The molecule has 0 aliphatic heterocycles. The van der Waals surface area contributed by atoms with Gasteiger partial charge in [0.05, 0.1) is 39.6 Å². The Balaban J connectivity index is 2.02. The normalized spacial score (nSPS) is 11.4. The summed E-state index contributed by atoms with van der Waals surface area (Å²) in [6, 6.07) is 12.3. The molecular weight excluding hydrogens is 648 g/mol. The lowest BCUT2D eigenvalue weighted by Crippen LogP contribution is -2.05. The van der Waals surface area contributed by atoms with Crippen LogP contribution in [0.2, 0.25) is 0 Å². The molecule has 0 amide bonds. The minimum Gasteiger partial charge on any atom is -0.490 e. The number of unbranched alkanes of at least 4 members (excludes halogenated alkanes) is 6. The highest BCUT2D eigenvalue weighted by Gasteiger charge is 2.20. The van der Waals surface area contributed by atoms with Crippen molar-refractivity contribution in [1.29, 1.82) is 0 Å². The fourth-order valence-electron chi connectivity index (χ4n) is 6.04. The number of hydrogen-bond acceptors (Lipinski definition) is 9. The average molecular weight is 709 g/mol. The van der Waals surface area contributed by atoms with E-state index < -0.39 is 0 Å². The van der Waals surface area contributed by atoms with Crippen molar-refractivity contribution in [3.63, 3.8) is 0 Å². The van der Waals surface area contributed by atoms with Crippen molar-refractivity contribution in [3.05, 3.63) is 36.4 Å². The van der Waals surface area contributed by atoms with Crippen LogP contribution >= 0.6 is 0 Å². The quantitative estimate of drug-likeness (QED) is 0.0412. The lowest BCUT2D eigenvalue weighted by atomic mass is 9.93. The largest absolute Gasteiger partial charge is 0.490 e. The topological polar surface area (TPSA) is 116 Å². The molecule has 0 aromatic heterocycles. The molecule has 0 aliphatic carbocycles. The molecule has 0 atom stereocenters. The summed E-state index contributed by atoms with van der Waals surface area (Å²) in [6.07, 6.45) is 10.8. The van der Waals surface area contributed by atoms with Gasteiger partial charge >= 0.3 is 0 Å². The van der Waals surface area contributed by atoms with Crippen LogP contribution in [0.3, 0.4) is 0 Å². The minimum atomic E-state index is 0.0353. The third kappa shape index (κ3) is 11.4. The second-order valence-corrected chi connectivity index (χ2v) is 13.0. The zero-order valence-corrected chi connectivity index (χ0v) is 31.1. The number of benzene rings is 4. The van der Waals surface area contributed by atoms with Crippen LogP contribution in [0.5, 0.6) is 34.5 Å². The standard InChI is InChI=1S/C42H60O9/c1-4-7-10-19-46-37-25-31-34(28-40(37)49-22-13-16-43)32-26-38(47-20-11-8-5-2)42(51-24-15-18-45)30-36(32)33-27-39(48-21-12-9-6-3)41(29-35(31)33)50-23-14-17-44/h25-30,43-45H,4-24H2,1-3H3. The summed E-state index contributed by atoms with van der Waals surface area (Å²) in [6.45, 7) is 9.38. The third-order valence-corrected chi connectivity index (χ3v) is 8.82. The Morgan fingerprint density at radius 2 is 0.510 bits per heavy atom. The van der Waals surface area contributed by atoms with E-state index in [4.69, 9.17) is 28.4 Å². The molecule has 4 rings (SSSR count). The van der Waals surface area contributed by atoms with E-state index in [1.165, 1.54) is 0 Å². The molecule has 0 aliphatic rings. The number of rotatable bonds is 27. The molecule has 3 N–H and O–H groups in total. The molecule has 0 bridgehead atoms. The summed E-state index contributed by atoms with van der Waals surface area (Å²) in [5, 5.41) is 34.3. The first-order chi connectivity index (χ1) is 25.1. The Bertz CT molecular complexity index is 1400. The Morgan fingerprint density at radius 1 is 0.314 bits per heavy atom. The average Bonchev–Trinajstić information content (AvgIpc) is 3.14. The second kappa shape index (κ2) is 22.3. The van der Waals surface area contributed by atoms with Crippen molar-refractivity contribution in [2.75, 3.05) is 59.5 Å². The minimum absolute atomic E-state index is 0.0353. The number of aliphatic hydroxyl groups is 3. The molecule has 51 heavy (non-hydrogen) atoms. The molecule has 4 aromatic rings. The monoisotopic (exact) mass is 708 g/mol. The van der Waals surface area contributed by atoms with Gasteiger partial charge in [0.15, 0.2) is 34.5 Å². The van der Waals surface area contributed by atoms with Gasteiger partial charge in [-0.2, -0.15) is 0 Å². The summed E-state index contributed by atoms with van der Waals surface area (Å²) >= 11 is 0. The first-order valence-electron chi connectivity index (χ1n) is 19.2. The molecule has 9 heteroatoms. The van der Waals surface area contributed by atoms with E-state index in [0.29, 0.717) is 93.4 Å². The van der Waals surface area contributed by atoms with Gasteiger partial charge in [0.25, 0.3) is 0 Å². The zero-order chi connectivity index (χ0) is 36.3. The van der Waals surface area contributed by atoms with Crippen molar-refractivity contribution >= 4 is 32.3 Å². The summed E-state index contributed by atoms with van der Waals surface area (Å²) in [7, 11) is 0. The number of aliphatic hydroxyl groups excluding tert-OH is 3. The fraction of sp³-hybridized carbons (Fsp3) is 0.571. The van der Waals surface area contributed by atoms with Crippen molar-refractivity contribution < 1.29 is 43.7 Å². The van der Waals surface area contributed by atoms with E-state index in [9.17, 15) is 15.3 Å². The van der Waals surface area contributed by atoms with Crippen LogP contribution in [0.15, 0.2) is 36.4 Å². The van der Waals surface area contributed by atoms with Crippen LogP contribution < -0.4 is 28.4 Å². The van der Waals surface area contributed by atoms with E-state index in [1.54, 1.807) is 0 Å². The molecule has 0 saturated heterocycles. The first kappa shape index (κ1) is 40.1. The molecule has 0 saturated carbocycles. The van der Waals surface area contributed by atoms with Gasteiger partial charge in [0, 0.05) is 39.1 Å². The number of ether oxygens (including phenoxy) is 6. The van der Waals surface area contributed by atoms with E-state index >= 15 is 0 Å². The SMILES string of the molecule is CCCCCOc1cc2c(cc1OCCCO)c1cc(OCCCCC)c(OCCCO)cc1c1cc(OCCCCC)c(OCCCO)cc21. The summed E-state index contributed by atoms with van der Waals surface area (Å²) < 4.78 is 37.9. The van der Waals surface area contributed by atoms with Gasteiger partial charge in [0.1, 0.15) is 0 Å². The smallest absolute Gasteiger partial charge is 0.161 e. The summed E-state index contributed by atoms with van der Waals surface area (Å²) in [5.74, 6) is 3.82. The van der Waals surface area contributed by atoms with Crippen LogP contribution in [0, 0.1) is 0 Å². The van der Waals surface area contributed by atoms with Gasteiger partial charge in [0.2, 0.25) is 0 Å². The Morgan fingerprint density at radius 3 is 0.686 bits per heavy atom. The van der Waals surface area contributed by atoms with E-state index in [1.807, 2.05) is 18.2 Å². The zero-order valence-electron chi connectivity index (χ0n) is 31.1. The third-order valence-electron chi connectivity index (χ3n) is 8.82. The van der Waals surface area contributed by atoms with Crippen LogP contribution in [0.4, 0.5) is 0 Å². The Kier molecular flexibility index (Phi) is 17.6. The predicted octanol–water partition coefficient (Wildman–Crippen LogP) is 9.14.